The Bertz CT molecular complexity index is 1450. The largest absolute Gasteiger partial charge is 0.394 e. The van der Waals surface area contributed by atoms with E-state index in [0.29, 0.717) is 0 Å². The number of rotatable bonds is 5. The average molecular weight is 973 g/mol. The molecule has 18 N–H and O–H groups in total. The smallest absolute Gasteiger partial charge is 0.187 e. The molecule has 0 spiro atoms. The van der Waals surface area contributed by atoms with Crippen LogP contribution < -0.4 is 0 Å². The number of ether oxygens (including phenoxy) is 12. The Kier molecular flexibility index (Phi) is 17.6. The molecule has 12 bridgehead atoms. The maximum Gasteiger partial charge on any atom is 0.187 e. The van der Waals surface area contributed by atoms with Crippen LogP contribution in [-0.2, 0) is 56.8 Å². The molecule has 30 nitrogen and oxygen atoms in total. The van der Waals surface area contributed by atoms with Gasteiger partial charge in [-0.1, -0.05) is 0 Å². The zero-order valence-corrected chi connectivity index (χ0v) is 34.5. The number of hydrogen-bond acceptors (Lipinski definition) is 30. The lowest BCUT2D eigenvalue weighted by molar-refractivity contribution is -0.399. The second-order valence-corrected chi connectivity index (χ2v) is 16.9. The van der Waals surface area contributed by atoms with E-state index in [-0.39, 0.29) is 0 Å². The molecule has 18 rings (SSSR count). The first-order chi connectivity index (χ1) is 31.4. The molecule has 0 aliphatic carbocycles. The van der Waals surface area contributed by atoms with Crippen molar-refractivity contribution in [2.24, 2.45) is 0 Å². The van der Waals surface area contributed by atoms with E-state index in [2.05, 4.69) is 0 Å². The van der Waals surface area contributed by atoms with Gasteiger partial charge < -0.3 is 149 Å². The Labute approximate surface area is 372 Å². The van der Waals surface area contributed by atoms with Crippen molar-refractivity contribution >= 4 is 0 Å². The molecule has 18 saturated heterocycles. The van der Waals surface area contributed by atoms with Gasteiger partial charge in [0.1, 0.15) is 146 Å². The molecule has 18 aliphatic rings. The molecule has 0 unspecified atom stereocenters. The van der Waals surface area contributed by atoms with Crippen molar-refractivity contribution < 1.29 is 149 Å². The normalized spacial score (nSPS) is 55.5. The van der Waals surface area contributed by atoms with Gasteiger partial charge in [0.15, 0.2) is 37.7 Å². The van der Waals surface area contributed by atoms with Crippen molar-refractivity contribution in [3.05, 3.63) is 0 Å². The molecule has 30 atom stereocenters. The van der Waals surface area contributed by atoms with E-state index < -0.39 is 224 Å². The van der Waals surface area contributed by atoms with E-state index in [1.165, 1.54) is 0 Å². The first-order valence-electron chi connectivity index (χ1n) is 21.1. The molecule has 18 fully saturated rings. The lowest BCUT2D eigenvalue weighted by Crippen LogP contribution is -2.68. The Balaban J connectivity index is 1.18. The van der Waals surface area contributed by atoms with Gasteiger partial charge in [0.05, 0.1) is 39.6 Å². The molecule has 0 aromatic carbocycles. The van der Waals surface area contributed by atoms with Gasteiger partial charge in [-0.15, -0.1) is 0 Å². The van der Waals surface area contributed by atoms with Crippen molar-refractivity contribution in [1.82, 2.24) is 0 Å². The van der Waals surface area contributed by atoms with Gasteiger partial charge in [0, 0.05) is 0 Å². The SMILES string of the molecule is OC[C@H]1O[C@@H]2O[C@H]3[C@H](O)[C@@H](O)[C@@H](O[C@H]4[C@H](O)[C@@H](O)[C@@H](O[C@H]5[C@H](O)[C@@H](O)[C@@H](O[C@H]6[C@H](O)[C@@H](O)[C@@H](OC[C@H]7O[C@H](O[C@H]1[C@H](O)[C@H]2O)[C@H](O)[C@@H](O)[C@@H]7O)O[C@@H]6CO)O[C@@H]5CO)O[C@@H]4CO)O[C@@H]3CO. The summed E-state index contributed by atoms with van der Waals surface area (Å²) in [6.45, 7) is -5.77. The van der Waals surface area contributed by atoms with Gasteiger partial charge in [0.25, 0.3) is 0 Å². The average Bonchev–Trinajstić information content (AvgIpc) is 3.31. The fourth-order valence-corrected chi connectivity index (χ4v) is 8.82. The van der Waals surface area contributed by atoms with Gasteiger partial charge in [-0.2, -0.15) is 0 Å². The minimum absolute atomic E-state index is 0.823. The molecular weight excluding hydrogens is 912 g/mol. The van der Waals surface area contributed by atoms with Crippen LogP contribution in [0.3, 0.4) is 0 Å². The summed E-state index contributed by atoms with van der Waals surface area (Å²) in [4.78, 5) is 0. The van der Waals surface area contributed by atoms with Crippen LogP contribution in [0.4, 0.5) is 0 Å². The molecule has 18 heterocycles. The molecule has 0 amide bonds. The van der Waals surface area contributed by atoms with Crippen molar-refractivity contribution in [3.63, 3.8) is 0 Å². The monoisotopic (exact) mass is 972 g/mol. The van der Waals surface area contributed by atoms with Crippen LogP contribution in [0.1, 0.15) is 0 Å². The molecular formula is C36H60O30. The van der Waals surface area contributed by atoms with Crippen LogP contribution in [0.5, 0.6) is 0 Å². The molecule has 0 radical (unpaired) electrons. The second-order valence-electron chi connectivity index (χ2n) is 16.9. The zero-order chi connectivity index (χ0) is 48.0. The van der Waals surface area contributed by atoms with Crippen molar-refractivity contribution in [3.8, 4) is 0 Å². The highest BCUT2D eigenvalue weighted by Gasteiger charge is 2.58. The maximum absolute atomic E-state index is 11.2. The lowest BCUT2D eigenvalue weighted by Gasteiger charge is -2.50. The lowest BCUT2D eigenvalue weighted by atomic mass is 9.95. The highest BCUT2D eigenvalue weighted by Crippen LogP contribution is 2.37. The minimum Gasteiger partial charge on any atom is -0.394 e. The van der Waals surface area contributed by atoms with Gasteiger partial charge in [0.2, 0.25) is 0 Å². The quantitative estimate of drug-likeness (QED) is 0.122. The van der Waals surface area contributed by atoms with Crippen molar-refractivity contribution in [2.45, 2.75) is 184 Å². The Morgan fingerprint density at radius 2 is 0.470 bits per heavy atom. The van der Waals surface area contributed by atoms with E-state index in [1.54, 1.807) is 0 Å². The van der Waals surface area contributed by atoms with Gasteiger partial charge in [-0.3, -0.25) is 0 Å². The third-order valence-electron chi connectivity index (χ3n) is 12.7. The topological polar surface area (TPSA) is 475 Å². The Hall–Kier alpha value is -1.20. The number of aliphatic hydroxyl groups excluding tert-OH is 18. The summed E-state index contributed by atoms with van der Waals surface area (Å²) in [5.74, 6) is 0. The summed E-state index contributed by atoms with van der Waals surface area (Å²) < 4.78 is 67.7. The third-order valence-corrected chi connectivity index (χ3v) is 12.7. The molecule has 18 aliphatic heterocycles. The first-order valence-corrected chi connectivity index (χ1v) is 21.1. The Morgan fingerprint density at radius 3 is 0.742 bits per heavy atom. The van der Waals surface area contributed by atoms with Crippen LogP contribution in [-0.4, -0.2) is 316 Å². The molecule has 66 heavy (non-hydrogen) atoms. The predicted octanol–water partition coefficient (Wildman–Crippen LogP) is -13.1. The molecule has 30 heteroatoms. The van der Waals surface area contributed by atoms with Crippen LogP contribution in [0.2, 0.25) is 0 Å². The summed E-state index contributed by atoms with van der Waals surface area (Å²) in [6, 6.07) is 0. The van der Waals surface area contributed by atoms with Crippen LogP contribution in [0.15, 0.2) is 0 Å². The highest BCUT2D eigenvalue weighted by atomic mass is 16.8. The van der Waals surface area contributed by atoms with E-state index in [4.69, 9.17) is 56.8 Å². The summed E-state index contributed by atoms with van der Waals surface area (Å²) >= 11 is 0. The molecule has 0 saturated carbocycles. The van der Waals surface area contributed by atoms with Crippen LogP contribution in [0, 0.1) is 0 Å². The first kappa shape index (κ1) is 52.6. The second kappa shape index (κ2) is 22.1. The molecule has 0 aromatic heterocycles. The fourth-order valence-electron chi connectivity index (χ4n) is 8.82. The van der Waals surface area contributed by atoms with E-state index in [0.717, 1.165) is 0 Å². The third kappa shape index (κ3) is 10.1. The number of hydrogen-bond donors (Lipinski definition) is 18. The molecule has 0 aromatic rings. The summed E-state index contributed by atoms with van der Waals surface area (Å²) in [5.41, 5.74) is 0. The van der Waals surface area contributed by atoms with E-state index in [1.807, 2.05) is 0 Å². The van der Waals surface area contributed by atoms with Crippen molar-refractivity contribution in [2.75, 3.05) is 39.6 Å². The maximum atomic E-state index is 11.2. The summed E-state index contributed by atoms with van der Waals surface area (Å²) in [7, 11) is 0. The van der Waals surface area contributed by atoms with Crippen LogP contribution in [0.25, 0.3) is 0 Å². The highest BCUT2D eigenvalue weighted by molar-refractivity contribution is 5.00. The zero-order valence-electron chi connectivity index (χ0n) is 34.5. The van der Waals surface area contributed by atoms with Crippen LogP contribution >= 0.6 is 0 Å². The minimum atomic E-state index is -2.15. The van der Waals surface area contributed by atoms with Gasteiger partial charge >= 0.3 is 0 Å². The molecule has 384 valence electrons. The summed E-state index contributed by atoms with van der Waals surface area (Å²) in [6.07, 6.45) is -58.0. The van der Waals surface area contributed by atoms with Gasteiger partial charge in [-0.05, 0) is 0 Å². The Morgan fingerprint density at radius 1 is 0.242 bits per heavy atom. The summed E-state index contributed by atoms with van der Waals surface area (Å²) in [5, 5.41) is 195. The number of aliphatic hydroxyl groups is 18. The fraction of sp³-hybridized carbons (Fsp3) is 1.00. The predicted molar refractivity (Wildman–Crippen MR) is 196 cm³/mol. The standard InChI is InChI=1S/C36H60O30/c37-1-7-26-15(44)21(50)31(56-7)55-6-12-13(42)14(43)20(49)32(61-12)62-27-8(2-38)57-34(22(51)16(27)45)64-29-10(4-40)59-36(24(53)18(29)47)66-30-11(5-41)60-35(25(54)19(30)48)65-28-9(3-39)58-33(63-26)23(52)17(28)46/h7-54H,1-6H2/t7-,8-,9-,10-,11-,12-,13-,14+,15-,16-,17-,18-,19-,20-,21-,22-,23-,24-,25-,26-,27-,28-,29-,30-,31+,32-,33-,34-,35-,36-/m1/s1. The van der Waals surface area contributed by atoms with E-state index >= 15 is 0 Å². The van der Waals surface area contributed by atoms with Crippen molar-refractivity contribution in [1.29, 1.82) is 0 Å². The van der Waals surface area contributed by atoms with E-state index in [9.17, 15) is 91.9 Å². The van der Waals surface area contributed by atoms with Gasteiger partial charge in [-0.25, -0.2) is 0 Å².